The first-order valence-corrected chi connectivity index (χ1v) is 7.26. The summed E-state index contributed by atoms with van der Waals surface area (Å²) < 4.78 is 6.84. The van der Waals surface area contributed by atoms with Gasteiger partial charge in [-0.3, -0.25) is 0 Å². The van der Waals surface area contributed by atoms with E-state index in [1.807, 2.05) is 37.3 Å². The maximum absolute atomic E-state index is 11.6. The van der Waals surface area contributed by atoms with Crippen LogP contribution in [0.1, 0.15) is 21.7 Å². The van der Waals surface area contributed by atoms with Crippen LogP contribution in [0.5, 0.6) is 0 Å². The molecular formula is C17H15ClN2O2. The molecule has 0 aliphatic heterocycles. The first kappa shape index (κ1) is 14.6. The summed E-state index contributed by atoms with van der Waals surface area (Å²) in [6.45, 7) is 2.63. The molecule has 0 fully saturated rings. The van der Waals surface area contributed by atoms with Crippen LogP contribution in [0.25, 0.3) is 11.0 Å². The lowest BCUT2D eigenvalue weighted by molar-refractivity contribution is 0.0601. The summed E-state index contributed by atoms with van der Waals surface area (Å²) in [5, 5.41) is 0.715. The molecule has 0 bridgehead atoms. The number of rotatable bonds is 3. The highest BCUT2D eigenvalue weighted by molar-refractivity contribution is 6.30. The molecule has 1 heterocycles. The van der Waals surface area contributed by atoms with Gasteiger partial charge in [-0.15, -0.1) is 0 Å². The molecule has 0 unspecified atom stereocenters. The Balaban J connectivity index is 2.03. The van der Waals surface area contributed by atoms with Gasteiger partial charge in [-0.25, -0.2) is 9.78 Å². The largest absolute Gasteiger partial charge is 0.465 e. The zero-order valence-electron chi connectivity index (χ0n) is 12.3. The number of nitrogens with zero attached hydrogens (tertiary/aromatic N) is 2. The Morgan fingerprint density at radius 3 is 2.82 bits per heavy atom. The Morgan fingerprint density at radius 1 is 1.27 bits per heavy atom. The van der Waals surface area contributed by atoms with Gasteiger partial charge in [0.1, 0.15) is 5.82 Å². The minimum atomic E-state index is -0.357. The number of hydrogen-bond donors (Lipinski definition) is 0. The van der Waals surface area contributed by atoms with E-state index < -0.39 is 0 Å². The molecule has 3 aromatic rings. The zero-order valence-corrected chi connectivity index (χ0v) is 13.1. The van der Waals surface area contributed by atoms with Crippen molar-refractivity contribution in [1.29, 1.82) is 0 Å². The van der Waals surface area contributed by atoms with Crippen molar-refractivity contribution < 1.29 is 9.53 Å². The minimum Gasteiger partial charge on any atom is -0.465 e. The van der Waals surface area contributed by atoms with Crippen molar-refractivity contribution in [3.8, 4) is 0 Å². The Bertz CT molecular complexity index is 855. The van der Waals surface area contributed by atoms with Crippen molar-refractivity contribution in [2.24, 2.45) is 0 Å². The summed E-state index contributed by atoms with van der Waals surface area (Å²) >= 11 is 6.04. The lowest BCUT2D eigenvalue weighted by Gasteiger charge is -2.07. The van der Waals surface area contributed by atoms with E-state index in [2.05, 4.69) is 9.55 Å². The van der Waals surface area contributed by atoms with Crippen molar-refractivity contribution in [2.45, 2.75) is 13.5 Å². The van der Waals surface area contributed by atoms with Crippen LogP contribution in [0.2, 0.25) is 5.02 Å². The van der Waals surface area contributed by atoms with E-state index in [-0.39, 0.29) is 5.97 Å². The molecule has 0 spiro atoms. The summed E-state index contributed by atoms with van der Waals surface area (Å²) in [6, 6.07) is 13.2. The number of carbonyl (C=O) groups is 1. The van der Waals surface area contributed by atoms with Crippen LogP contribution in [-0.2, 0) is 11.3 Å². The average molecular weight is 315 g/mol. The van der Waals surface area contributed by atoms with Crippen LogP contribution in [0.3, 0.4) is 0 Å². The van der Waals surface area contributed by atoms with Crippen LogP contribution in [0, 0.1) is 6.92 Å². The number of aromatic nitrogens is 2. The van der Waals surface area contributed by atoms with Crippen molar-refractivity contribution in [2.75, 3.05) is 7.11 Å². The predicted octanol–water partition coefficient (Wildman–Crippen LogP) is 3.83. The van der Waals surface area contributed by atoms with Crippen LogP contribution in [0.15, 0.2) is 42.5 Å². The summed E-state index contributed by atoms with van der Waals surface area (Å²) in [5.41, 5.74) is 3.36. The highest BCUT2D eigenvalue weighted by atomic mass is 35.5. The number of ether oxygens (including phenoxy) is 1. The topological polar surface area (TPSA) is 44.1 Å². The normalized spacial score (nSPS) is 10.9. The van der Waals surface area contributed by atoms with E-state index in [1.165, 1.54) is 7.11 Å². The second-order valence-electron chi connectivity index (χ2n) is 5.07. The van der Waals surface area contributed by atoms with E-state index in [1.54, 1.807) is 12.1 Å². The van der Waals surface area contributed by atoms with Crippen LogP contribution < -0.4 is 0 Å². The van der Waals surface area contributed by atoms with Gasteiger partial charge < -0.3 is 9.30 Å². The van der Waals surface area contributed by atoms with Gasteiger partial charge in [0.05, 0.1) is 23.7 Å². The van der Waals surface area contributed by atoms with Crippen molar-refractivity contribution in [1.82, 2.24) is 9.55 Å². The molecule has 3 rings (SSSR count). The van der Waals surface area contributed by atoms with Gasteiger partial charge >= 0.3 is 5.97 Å². The second kappa shape index (κ2) is 5.81. The van der Waals surface area contributed by atoms with Crippen molar-refractivity contribution in [3.05, 3.63) is 64.4 Å². The SMILES string of the molecule is COC(=O)c1ccc2c(c1)nc(C)n2Cc1cccc(Cl)c1. The van der Waals surface area contributed by atoms with Crippen LogP contribution in [0.4, 0.5) is 0 Å². The molecule has 0 amide bonds. The third kappa shape index (κ3) is 2.70. The minimum absolute atomic E-state index is 0.357. The maximum atomic E-state index is 11.6. The van der Waals surface area contributed by atoms with Gasteiger partial charge in [0, 0.05) is 11.6 Å². The summed E-state index contributed by atoms with van der Waals surface area (Å²) in [5.74, 6) is 0.529. The van der Waals surface area contributed by atoms with Gasteiger partial charge in [-0.05, 0) is 42.8 Å². The van der Waals surface area contributed by atoms with Gasteiger partial charge in [-0.2, -0.15) is 0 Å². The monoisotopic (exact) mass is 314 g/mol. The number of esters is 1. The van der Waals surface area contributed by atoms with Gasteiger partial charge in [-0.1, -0.05) is 23.7 Å². The highest BCUT2D eigenvalue weighted by Crippen LogP contribution is 2.20. The van der Waals surface area contributed by atoms with E-state index >= 15 is 0 Å². The average Bonchev–Trinajstić information content (AvgIpc) is 2.81. The highest BCUT2D eigenvalue weighted by Gasteiger charge is 2.12. The zero-order chi connectivity index (χ0) is 15.7. The fraction of sp³-hybridized carbons (Fsp3) is 0.176. The third-order valence-electron chi connectivity index (χ3n) is 3.59. The quantitative estimate of drug-likeness (QED) is 0.690. The Kier molecular flexibility index (Phi) is 3.86. The predicted molar refractivity (Wildman–Crippen MR) is 86.4 cm³/mol. The fourth-order valence-corrected chi connectivity index (χ4v) is 2.73. The molecule has 4 nitrogen and oxygen atoms in total. The van der Waals surface area contributed by atoms with Gasteiger partial charge in [0.25, 0.3) is 0 Å². The van der Waals surface area contributed by atoms with E-state index in [0.29, 0.717) is 17.1 Å². The van der Waals surface area contributed by atoms with E-state index in [9.17, 15) is 4.79 Å². The molecule has 0 aliphatic rings. The lowest BCUT2D eigenvalue weighted by atomic mass is 10.2. The smallest absolute Gasteiger partial charge is 0.337 e. The van der Waals surface area contributed by atoms with Gasteiger partial charge in [0.2, 0.25) is 0 Å². The van der Waals surface area contributed by atoms with Crippen LogP contribution in [-0.4, -0.2) is 22.6 Å². The number of methoxy groups -OCH3 is 1. The van der Waals surface area contributed by atoms with Crippen LogP contribution >= 0.6 is 11.6 Å². The van der Waals surface area contributed by atoms with E-state index in [0.717, 1.165) is 22.4 Å². The molecule has 22 heavy (non-hydrogen) atoms. The molecule has 0 aliphatic carbocycles. The molecule has 0 N–H and O–H groups in total. The number of fused-ring (bicyclic) bond motifs is 1. The molecule has 5 heteroatoms. The molecule has 112 valence electrons. The summed E-state index contributed by atoms with van der Waals surface area (Å²) in [7, 11) is 1.37. The molecular weight excluding hydrogens is 300 g/mol. The Morgan fingerprint density at radius 2 is 2.09 bits per heavy atom. The fourth-order valence-electron chi connectivity index (χ4n) is 2.51. The second-order valence-corrected chi connectivity index (χ2v) is 5.51. The number of halogens is 1. The Labute approximate surface area is 133 Å². The summed E-state index contributed by atoms with van der Waals surface area (Å²) in [6.07, 6.45) is 0. The third-order valence-corrected chi connectivity index (χ3v) is 3.83. The number of aryl methyl sites for hydroxylation is 1. The lowest BCUT2D eigenvalue weighted by Crippen LogP contribution is -2.03. The standard InChI is InChI=1S/C17H15ClN2O2/c1-11-19-15-9-13(17(21)22-2)6-7-16(15)20(11)10-12-4-3-5-14(18)8-12/h3-9H,10H2,1-2H3. The van der Waals surface area contributed by atoms with Crippen molar-refractivity contribution in [3.63, 3.8) is 0 Å². The molecule has 0 atom stereocenters. The number of carbonyl (C=O) groups excluding carboxylic acids is 1. The molecule has 2 aromatic carbocycles. The molecule has 0 saturated carbocycles. The molecule has 0 saturated heterocycles. The summed E-state index contributed by atoms with van der Waals surface area (Å²) in [4.78, 5) is 16.1. The first-order chi connectivity index (χ1) is 10.6. The maximum Gasteiger partial charge on any atom is 0.337 e. The number of hydrogen-bond acceptors (Lipinski definition) is 3. The molecule has 0 radical (unpaired) electrons. The van der Waals surface area contributed by atoms with Crippen molar-refractivity contribution >= 4 is 28.6 Å². The first-order valence-electron chi connectivity index (χ1n) is 6.88. The van der Waals surface area contributed by atoms with E-state index in [4.69, 9.17) is 16.3 Å². The molecule has 1 aromatic heterocycles. The van der Waals surface area contributed by atoms with Gasteiger partial charge in [0.15, 0.2) is 0 Å². The number of imidazole rings is 1. The number of benzene rings is 2. The Hall–Kier alpha value is -2.33.